The van der Waals surface area contributed by atoms with E-state index in [1.54, 1.807) is 13.0 Å². The molecule has 0 fully saturated rings. The van der Waals surface area contributed by atoms with Crippen LogP contribution in [0.4, 0.5) is 0 Å². The lowest BCUT2D eigenvalue weighted by atomic mass is 10.0. The molecule has 1 heteroatoms. The Labute approximate surface area is 63.1 Å². The molecule has 0 aromatic heterocycles. The minimum atomic E-state index is -0.697. The van der Waals surface area contributed by atoms with Crippen LogP contribution in [0.15, 0.2) is 24.8 Å². The topological polar surface area (TPSA) is 20.2 Å². The van der Waals surface area contributed by atoms with Crippen LogP contribution in [0.2, 0.25) is 0 Å². The molecule has 0 aliphatic heterocycles. The van der Waals surface area contributed by atoms with E-state index in [0.717, 1.165) is 6.42 Å². The minimum absolute atomic E-state index is 0.615. The van der Waals surface area contributed by atoms with Crippen molar-refractivity contribution in [2.45, 2.75) is 32.3 Å². The van der Waals surface area contributed by atoms with Crippen molar-refractivity contribution in [3.63, 3.8) is 0 Å². The Hall–Kier alpha value is -0.560. The van der Waals surface area contributed by atoms with Crippen LogP contribution >= 0.6 is 0 Å². The van der Waals surface area contributed by atoms with Crippen molar-refractivity contribution in [2.75, 3.05) is 0 Å². The maximum atomic E-state index is 9.49. The molecule has 1 unspecified atom stereocenters. The summed E-state index contributed by atoms with van der Waals surface area (Å²) in [6, 6.07) is 0. The van der Waals surface area contributed by atoms with Gasteiger partial charge in [-0.3, -0.25) is 0 Å². The fraction of sp³-hybridized carbons (Fsp3) is 0.556. The molecule has 0 bridgehead atoms. The number of hydrogen-bond donors (Lipinski definition) is 1. The van der Waals surface area contributed by atoms with Crippen molar-refractivity contribution >= 4 is 0 Å². The average molecular weight is 140 g/mol. The molecule has 0 spiro atoms. The maximum absolute atomic E-state index is 9.49. The summed E-state index contributed by atoms with van der Waals surface area (Å²) in [6.45, 7) is 7.38. The summed E-state index contributed by atoms with van der Waals surface area (Å²) in [6.07, 6.45) is 7.08. The van der Waals surface area contributed by atoms with Gasteiger partial charge in [0, 0.05) is 0 Å². The Morgan fingerprint density at radius 2 is 2.20 bits per heavy atom. The molecule has 0 aliphatic carbocycles. The first-order chi connectivity index (χ1) is 4.62. The number of aliphatic hydroxyl groups is 1. The Morgan fingerprint density at radius 3 is 2.60 bits per heavy atom. The zero-order chi connectivity index (χ0) is 8.04. The van der Waals surface area contributed by atoms with E-state index in [0.29, 0.717) is 6.42 Å². The molecule has 0 rings (SSSR count). The summed E-state index contributed by atoms with van der Waals surface area (Å²) < 4.78 is 0. The molecule has 0 saturated heterocycles. The third kappa shape index (κ3) is 4.33. The smallest absolute Gasteiger partial charge is 0.0833 e. The fourth-order valence-electron chi connectivity index (χ4n) is 0.732. The van der Waals surface area contributed by atoms with Gasteiger partial charge in [0.15, 0.2) is 0 Å². The van der Waals surface area contributed by atoms with Gasteiger partial charge in [-0.2, -0.15) is 0 Å². The van der Waals surface area contributed by atoms with E-state index in [9.17, 15) is 5.11 Å². The van der Waals surface area contributed by atoms with E-state index in [1.165, 1.54) is 0 Å². The van der Waals surface area contributed by atoms with Gasteiger partial charge in [-0.1, -0.05) is 25.2 Å². The molecule has 10 heavy (non-hydrogen) atoms. The zero-order valence-electron chi connectivity index (χ0n) is 6.80. The van der Waals surface area contributed by atoms with E-state index in [-0.39, 0.29) is 0 Å². The van der Waals surface area contributed by atoms with Crippen LogP contribution in [0.25, 0.3) is 0 Å². The second-order valence-electron chi connectivity index (χ2n) is 2.66. The summed E-state index contributed by atoms with van der Waals surface area (Å²) in [5.74, 6) is 0. The number of allylic oxidation sites excluding steroid dienone is 1. The van der Waals surface area contributed by atoms with E-state index in [4.69, 9.17) is 0 Å². The van der Waals surface area contributed by atoms with E-state index >= 15 is 0 Å². The molecule has 1 N–H and O–H groups in total. The second kappa shape index (κ2) is 4.29. The van der Waals surface area contributed by atoms with Gasteiger partial charge in [-0.25, -0.2) is 0 Å². The van der Waals surface area contributed by atoms with Gasteiger partial charge in [-0.05, 0) is 19.8 Å². The van der Waals surface area contributed by atoms with E-state index < -0.39 is 5.60 Å². The molecule has 1 nitrogen and oxygen atoms in total. The molecular formula is C9H16O. The first-order valence-electron chi connectivity index (χ1n) is 3.63. The van der Waals surface area contributed by atoms with Crippen molar-refractivity contribution in [3.8, 4) is 0 Å². The van der Waals surface area contributed by atoms with E-state index in [2.05, 4.69) is 6.58 Å². The van der Waals surface area contributed by atoms with Crippen molar-refractivity contribution in [1.29, 1.82) is 0 Å². The quantitative estimate of drug-likeness (QED) is 0.594. The Kier molecular flexibility index (Phi) is 4.05. The van der Waals surface area contributed by atoms with Crippen molar-refractivity contribution in [1.82, 2.24) is 0 Å². The maximum Gasteiger partial charge on any atom is 0.0833 e. The van der Waals surface area contributed by atoms with Crippen LogP contribution in [0.1, 0.15) is 26.7 Å². The van der Waals surface area contributed by atoms with Crippen LogP contribution in [-0.2, 0) is 0 Å². The molecule has 0 heterocycles. The first kappa shape index (κ1) is 9.44. The molecule has 0 aromatic rings. The predicted molar refractivity (Wildman–Crippen MR) is 44.9 cm³/mol. The third-order valence-corrected chi connectivity index (χ3v) is 1.27. The first-order valence-corrected chi connectivity index (χ1v) is 3.63. The third-order valence-electron chi connectivity index (χ3n) is 1.27. The lowest BCUT2D eigenvalue weighted by Crippen LogP contribution is -2.18. The monoisotopic (exact) mass is 140 g/mol. The summed E-state index contributed by atoms with van der Waals surface area (Å²) in [5, 5.41) is 9.49. The highest BCUT2D eigenvalue weighted by molar-refractivity contribution is 5.00. The van der Waals surface area contributed by atoms with Gasteiger partial charge in [0.1, 0.15) is 0 Å². The Bertz CT molecular complexity index is 123. The largest absolute Gasteiger partial charge is 0.386 e. The van der Waals surface area contributed by atoms with Crippen LogP contribution < -0.4 is 0 Å². The minimum Gasteiger partial charge on any atom is -0.386 e. The van der Waals surface area contributed by atoms with Gasteiger partial charge in [-0.15, -0.1) is 6.58 Å². The number of hydrogen-bond acceptors (Lipinski definition) is 1. The SMILES string of the molecule is C=CCC(C)(O)C=CCC. The molecule has 0 aromatic carbocycles. The number of rotatable bonds is 4. The fourth-order valence-corrected chi connectivity index (χ4v) is 0.732. The van der Waals surface area contributed by atoms with Crippen LogP contribution in [0.5, 0.6) is 0 Å². The molecule has 0 radical (unpaired) electrons. The molecule has 0 amide bonds. The Balaban J connectivity index is 3.84. The lowest BCUT2D eigenvalue weighted by molar-refractivity contribution is 0.115. The summed E-state index contributed by atoms with van der Waals surface area (Å²) in [5.41, 5.74) is -0.697. The van der Waals surface area contributed by atoms with Gasteiger partial charge in [0.25, 0.3) is 0 Å². The van der Waals surface area contributed by atoms with Crippen molar-refractivity contribution < 1.29 is 5.11 Å². The molecule has 0 saturated carbocycles. The van der Waals surface area contributed by atoms with Gasteiger partial charge < -0.3 is 5.11 Å². The highest BCUT2D eigenvalue weighted by Gasteiger charge is 2.11. The van der Waals surface area contributed by atoms with Gasteiger partial charge in [0.05, 0.1) is 5.60 Å². The van der Waals surface area contributed by atoms with E-state index in [1.807, 2.05) is 19.1 Å². The van der Waals surface area contributed by atoms with Gasteiger partial charge >= 0.3 is 0 Å². The lowest BCUT2D eigenvalue weighted by Gasteiger charge is -2.15. The molecule has 58 valence electrons. The normalized spacial score (nSPS) is 17.1. The van der Waals surface area contributed by atoms with Gasteiger partial charge in [0.2, 0.25) is 0 Å². The highest BCUT2D eigenvalue weighted by atomic mass is 16.3. The van der Waals surface area contributed by atoms with Crippen molar-refractivity contribution in [3.05, 3.63) is 24.8 Å². The standard InChI is InChI=1S/C9H16O/c1-4-6-8-9(3,10)7-5-2/h5-6,8,10H,2,4,7H2,1,3H3. The van der Waals surface area contributed by atoms with Crippen LogP contribution in [-0.4, -0.2) is 10.7 Å². The van der Waals surface area contributed by atoms with Crippen LogP contribution in [0.3, 0.4) is 0 Å². The second-order valence-corrected chi connectivity index (χ2v) is 2.66. The molecular weight excluding hydrogens is 124 g/mol. The average Bonchev–Trinajstić information content (AvgIpc) is 1.84. The molecule has 0 aliphatic rings. The summed E-state index contributed by atoms with van der Waals surface area (Å²) >= 11 is 0. The zero-order valence-corrected chi connectivity index (χ0v) is 6.80. The summed E-state index contributed by atoms with van der Waals surface area (Å²) in [4.78, 5) is 0. The van der Waals surface area contributed by atoms with Crippen molar-refractivity contribution in [2.24, 2.45) is 0 Å². The highest BCUT2D eigenvalue weighted by Crippen LogP contribution is 2.11. The van der Waals surface area contributed by atoms with Crippen LogP contribution in [0, 0.1) is 0 Å². The summed E-state index contributed by atoms with van der Waals surface area (Å²) in [7, 11) is 0. The molecule has 1 atom stereocenters. The predicted octanol–water partition coefficient (Wildman–Crippen LogP) is 2.28. The Morgan fingerprint density at radius 1 is 1.60 bits per heavy atom.